The highest BCUT2D eigenvalue weighted by atomic mass is 19.4. The molecule has 1 aliphatic heterocycles. The molecule has 2 rings (SSSR count). The van der Waals surface area contributed by atoms with E-state index in [4.69, 9.17) is 4.74 Å². The van der Waals surface area contributed by atoms with Crippen LogP contribution in [0, 0.1) is 0 Å². The maximum absolute atomic E-state index is 12.7. The Kier molecular flexibility index (Phi) is 3.51. The molecule has 1 atom stereocenters. The van der Waals surface area contributed by atoms with Crippen LogP contribution in [-0.2, 0) is 6.18 Å². The fourth-order valence-electron chi connectivity index (χ4n) is 1.81. The molecule has 0 aromatic carbocycles. The zero-order chi connectivity index (χ0) is 12.3. The molecule has 94 valence electrons. The molecule has 1 saturated heterocycles. The second-order valence-corrected chi connectivity index (χ2v) is 3.96. The first-order valence-corrected chi connectivity index (χ1v) is 5.46. The molecule has 2 heterocycles. The van der Waals surface area contributed by atoms with Gasteiger partial charge in [0.15, 0.2) is 0 Å². The van der Waals surface area contributed by atoms with E-state index in [1.54, 1.807) is 0 Å². The first-order valence-electron chi connectivity index (χ1n) is 5.46. The predicted molar refractivity (Wildman–Crippen MR) is 55.8 cm³/mol. The zero-order valence-corrected chi connectivity index (χ0v) is 9.13. The van der Waals surface area contributed by atoms with Crippen LogP contribution >= 0.6 is 0 Å². The second-order valence-electron chi connectivity index (χ2n) is 3.96. The van der Waals surface area contributed by atoms with E-state index < -0.39 is 11.7 Å². The SMILES string of the molecule is FC(F)(F)c1ccncc1OC1CCCNC1. The van der Waals surface area contributed by atoms with Crippen LogP contribution in [0.5, 0.6) is 5.75 Å². The summed E-state index contributed by atoms with van der Waals surface area (Å²) in [6, 6.07) is 0.936. The largest absolute Gasteiger partial charge is 0.487 e. The minimum absolute atomic E-state index is 0.186. The molecule has 0 bridgehead atoms. The first-order chi connectivity index (χ1) is 8.07. The van der Waals surface area contributed by atoms with Crippen molar-refractivity contribution in [2.75, 3.05) is 13.1 Å². The lowest BCUT2D eigenvalue weighted by atomic mass is 10.1. The summed E-state index contributed by atoms with van der Waals surface area (Å²) in [6.07, 6.45) is -0.702. The summed E-state index contributed by atoms with van der Waals surface area (Å²) < 4.78 is 43.4. The van der Waals surface area contributed by atoms with Gasteiger partial charge >= 0.3 is 6.18 Å². The molecule has 1 unspecified atom stereocenters. The van der Waals surface area contributed by atoms with E-state index in [9.17, 15) is 13.2 Å². The number of hydrogen-bond acceptors (Lipinski definition) is 3. The molecule has 0 amide bonds. The highest BCUT2D eigenvalue weighted by molar-refractivity contribution is 5.32. The Morgan fingerprint density at radius 2 is 2.24 bits per heavy atom. The molecule has 1 aromatic heterocycles. The fourth-order valence-corrected chi connectivity index (χ4v) is 1.81. The zero-order valence-electron chi connectivity index (χ0n) is 9.13. The molecule has 0 aliphatic carbocycles. The van der Waals surface area contributed by atoms with Crippen LogP contribution in [0.4, 0.5) is 13.2 Å². The smallest absolute Gasteiger partial charge is 0.420 e. The van der Waals surface area contributed by atoms with Gasteiger partial charge in [-0.2, -0.15) is 13.2 Å². The van der Waals surface area contributed by atoms with Gasteiger partial charge in [0.05, 0.1) is 6.20 Å². The average Bonchev–Trinajstić information content (AvgIpc) is 2.30. The second kappa shape index (κ2) is 4.91. The van der Waals surface area contributed by atoms with Crippen molar-refractivity contribution in [3.63, 3.8) is 0 Å². The number of nitrogens with one attached hydrogen (secondary N) is 1. The molecular formula is C11H13F3N2O. The van der Waals surface area contributed by atoms with E-state index in [0.29, 0.717) is 6.54 Å². The lowest BCUT2D eigenvalue weighted by molar-refractivity contribution is -0.139. The van der Waals surface area contributed by atoms with Gasteiger partial charge in [-0.1, -0.05) is 0 Å². The van der Waals surface area contributed by atoms with Crippen molar-refractivity contribution >= 4 is 0 Å². The van der Waals surface area contributed by atoms with Gasteiger partial charge in [0.1, 0.15) is 17.4 Å². The number of halogens is 3. The summed E-state index contributed by atoms with van der Waals surface area (Å²) in [4.78, 5) is 3.68. The third-order valence-electron chi connectivity index (χ3n) is 2.64. The van der Waals surface area contributed by atoms with Crippen LogP contribution in [0.1, 0.15) is 18.4 Å². The molecule has 1 fully saturated rings. The normalized spacial score (nSPS) is 21.2. The van der Waals surface area contributed by atoms with Crippen LogP contribution in [0.25, 0.3) is 0 Å². The van der Waals surface area contributed by atoms with Crippen LogP contribution in [-0.4, -0.2) is 24.2 Å². The van der Waals surface area contributed by atoms with Crippen LogP contribution in [0.15, 0.2) is 18.5 Å². The van der Waals surface area contributed by atoms with E-state index in [1.807, 2.05) is 0 Å². The lowest BCUT2D eigenvalue weighted by Gasteiger charge is -2.25. The first kappa shape index (κ1) is 12.2. The van der Waals surface area contributed by atoms with Crippen molar-refractivity contribution in [2.24, 2.45) is 0 Å². The van der Waals surface area contributed by atoms with Crippen molar-refractivity contribution in [3.05, 3.63) is 24.0 Å². The summed E-state index contributed by atoms with van der Waals surface area (Å²) in [7, 11) is 0. The number of nitrogens with zero attached hydrogens (tertiary/aromatic N) is 1. The van der Waals surface area contributed by atoms with Gasteiger partial charge in [0.2, 0.25) is 0 Å². The van der Waals surface area contributed by atoms with Gasteiger partial charge in [0.25, 0.3) is 0 Å². The quantitative estimate of drug-likeness (QED) is 0.868. The Bertz CT molecular complexity index is 375. The summed E-state index contributed by atoms with van der Waals surface area (Å²) in [6.45, 7) is 1.46. The van der Waals surface area contributed by atoms with Crippen LogP contribution in [0.2, 0.25) is 0 Å². The van der Waals surface area contributed by atoms with Crippen LogP contribution < -0.4 is 10.1 Å². The molecule has 1 aliphatic rings. The van der Waals surface area contributed by atoms with Gasteiger partial charge in [-0.15, -0.1) is 0 Å². The third-order valence-corrected chi connectivity index (χ3v) is 2.64. The van der Waals surface area contributed by atoms with Gasteiger partial charge in [-0.3, -0.25) is 4.98 Å². The Balaban J connectivity index is 2.14. The number of ether oxygens (including phenoxy) is 1. The minimum Gasteiger partial charge on any atom is -0.487 e. The summed E-state index contributed by atoms with van der Waals surface area (Å²) in [5, 5.41) is 3.09. The molecular weight excluding hydrogens is 233 g/mol. The van der Waals surface area contributed by atoms with E-state index >= 15 is 0 Å². The third kappa shape index (κ3) is 3.09. The number of hydrogen-bond donors (Lipinski definition) is 1. The number of aromatic nitrogens is 1. The number of rotatable bonds is 2. The highest BCUT2D eigenvalue weighted by Gasteiger charge is 2.35. The van der Waals surface area contributed by atoms with Gasteiger partial charge in [-0.25, -0.2) is 0 Å². The summed E-state index contributed by atoms with van der Waals surface area (Å²) in [5.74, 6) is -0.186. The Labute approximate surface area is 97.0 Å². The average molecular weight is 246 g/mol. The maximum Gasteiger partial charge on any atom is 0.420 e. The molecule has 0 spiro atoms. The Morgan fingerprint density at radius 3 is 2.88 bits per heavy atom. The fraction of sp³-hybridized carbons (Fsp3) is 0.545. The highest BCUT2D eigenvalue weighted by Crippen LogP contribution is 2.36. The van der Waals surface area contributed by atoms with Crippen molar-refractivity contribution in [2.45, 2.75) is 25.1 Å². The van der Waals surface area contributed by atoms with Gasteiger partial charge in [0, 0.05) is 12.7 Å². The molecule has 6 heteroatoms. The van der Waals surface area contributed by atoms with Gasteiger partial charge < -0.3 is 10.1 Å². The minimum atomic E-state index is -4.40. The lowest BCUT2D eigenvalue weighted by Crippen LogP contribution is -2.37. The predicted octanol–water partition coefficient (Wildman–Crippen LogP) is 2.23. The number of alkyl halides is 3. The molecule has 3 nitrogen and oxygen atoms in total. The van der Waals surface area contributed by atoms with E-state index in [0.717, 1.165) is 37.8 Å². The van der Waals surface area contributed by atoms with Gasteiger partial charge in [-0.05, 0) is 25.5 Å². The number of pyridine rings is 1. The monoisotopic (exact) mass is 246 g/mol. The molecule has 1 N–H and O–H groups in total. The molecule has 0 radical (unpaired) electrons. The topological polar surface area (TPSA) is 34.1 Å². The maximum atomic E-state index is 12.7. The van der Waals surface area contributed by atoms with Crippen molar-refractivity contribution < 1.29 is 17.9 Å². The molecule has 1 aromatic rings. The summed E-state index contributed by atoms with van der Waals surface area (Å²) >= 11 is 0. The van der Waals surface area contributed by atoms with Crippen molar-refractivity contribution in [1.82, 2.24) is 10.3 Å². The van der Waals surface area contributed by atoms with E-state index in [2.05, 4.69) is 10.3 Å². The van der Waals surface area contributed by atoms with Crippen molar-refractivity contribution in [3.8, 4) is 5.75 Å². The van der Waals surface area contributed by atoms with Crippen molar-refractivity contribution in [1.29, 1.82) is 0 Å². The van der Waals surface area contributed by atoms with E-state index in [1.165, 1.54) is 0 Å². The standard InChI is InChI=1S/C11H13F3N2O/c12-11(13,14)9-3-5-16-7-10(9)17-8-2-1-4-15-6-8/h3,5,7-8,15H,1-2,4,6H2. The Hall–Kier alpha value is -1.30. The summed E-state index contributed by atoms with van der Waals surface area (Å²) in [5.41, 5.74) is -0.766. The van der Waals surface area contributed by atoms with E-state index in [-0.39, 0.29) is 11.9 Å². The number of piperidine rings is 1. The molecule has 17 heavy (non-hydrogen) atoms. The molecule has 0 saturated carbocycles. The van der Waals surface area contributed by atoms with Crippen LogP contribution in [0.3, 0.4) is 0 Å². The Morgan fingerprint density at radius 1 is 1.41 bits per heavy atom.